The Hall–Kier alpha value is -3.17. The van der Waals surface area contributed by atoms with E-state index in [1.54, 1.807) is 17.4 Å². The summed E-state index contributed by atoms with van der Waals surface area (Å²) in [6.07, 6.45) is 9.05. The minimum Gasteiger partial charge on any atom is -0.507 e. The third kappa shape index (κ3) is 2.80. The fourth-order valence-corrected chi connectivity index (χ4v) is 6.22. The highest BCUT2D eigenvalue weighted by molar-refractivity contribution is 7.21. The summed E-state index contributed by atoms with van der Waals surface area (Å²) in [7, 11) is 0. The molecule has 3 heteroatoms. The fourth-order valence-electron chi connectivity index (χ4n) is 5.23. The molecule has 0 amide bonds. The predicted octanol–water partition coefficient (Wildman–Crippen LogP) is 7.45. The Labute approximate surface area is 186 Å². The molecular weight excluding hydrogens is 398 g/mol. The van der Waals surface area contributed by atoms with Crippen LogP contribution in [0.3, 0.4) is 0 Å². The first-order chi connectivity index (χ1) is 15.0. The number of rotatable bonds is 2. The van der Waals surface area contributed by atoms with Crippen molar-refractivity contribution in [3.8, 4) is 27.4 Å². The van der Waals surface area contributed by atoms with Crippen molar-refractivity contribution in [3.63, 3.8) is 0 Å². The first kappa shape index (κ1) is 18.6. The fraction of sp³-hybridized carbons (Fsp3) is 0.179. The second-order valence-electron chi connectivity index (χ2n) is 9.06. The zero-order valence-electron chi connectivity index (χ0n) is 17.5. The molecule has 0 aliphatic heterocycles. The van der Waals surface area contributed by atoms with E-state index >= 15 is 0 Å². The van der Waals surface area contributed by atoms with E-state index in [9.17, 15) is 5.11 Å². The molecule has 1 N–H and O–H groups in total. The highest BCUT2D eigenvalue weighted by Gasteiger charge is 2.44. The lowest BCUT2D eigenvalue weighted by atomic mass is 9.74. The van der Waals surface area contributed by atoms with Crippen molar-refractivity contribution in [2.75, 3.05) is 0 Å². The molecule has 2 aliphatic carbocycles. The van der Waals surface area contributed by atoms with Crippen molar-refractivity contribution < 1.29 is 5.11 Å². The molecule has 2 unspecified atom stereocenters. The molecule has 1 heterocycles. The molecule has 2 nitrogen and oxygen atoms in total. The van der Waals surface area contributed by atoms with Crippen LogP contribution >= 0.6 is 11.3 Å². The number of aromatic nitrogens is 1. The van der Waals surface area contributed by atoms with Gasteiger partial charge in [0.25, 0.3) is 0 Å². The summed E-state index contributed by atoms with van der Waals surface area (Å²) in [6, 6.07) is 20.8. The van der Waals surface area contributed by atoms with Crippen LogP contribution in [0.15, 0.2) is 85.0 Å². The Morgan fingerprint density at radius 1 is 0.903 bits per heavy atom. The van der Waals surface area contributed by atoms with E-state index in [1.165, 1.54) is 16.7 Å². The maximum absolute atomic E-state index is 10.6. The monoisotopic (exact) mass is 421 g/mol. The zero-order chi connectivity index (χ0) is 21.2. The maximum Gasteiger partial charge on any atom is 0.128 e. The number of benzene rings is 3. The van der Waals surface area contributed by atoms with Gasteiger partial charge >= 0.3 is 0 Å². The van der Waals surface area contributed by atoms with Gasteiger partial charge in [0.15, 0.2) is 0 Å². The Kier molecular flexibility index (Phi) is 4.00. The molecule has 2 aliphatic rings. The van der Waals surface area contributed by atoms with E-state index in [1.807, 2.05) is 24.3 Å². The molecule has 0 saturated carbocycles. The first-order valence-electron chi connectivity index (χ1n) is 10.7. The molecule has 3 aromatic carbocycles. The standard InChI is InChI=1S/C28H23NOS/c1-28(2)22-8-4-3-7-19(22)20-13-11-18(16-23(20)28)17-12-14-25(30)21(15-17)27-29-24-9-5-6-10-26(24)31-27/h3-16,19,22,30H,1-2H3. The molecular formula is C28H23NOS. The minimum atomic E-state index is 0.0874. The van der Waals surface area contributed by atoms with Gasteiger partial charge in [0.05, 0.1) is 15.8 Å². The Bertz CT molecular complexity index is 1360. The number of phenolic OH excluding ortho intramolecular Hbond substituents is 1. The number of aromatic hydroxyl groups is 1. The summed E-state index contributed by atoms with van der Waals surface area (Å²) in [4.78, 5) is 4.75. The quantitative estimate of drug-likeness (QED) is 0.364. The smallest absolute Gasteiger partial charge is 0.128 e. The minimum absolute atomic E-state index is 0.0874. The van der Waals surface area contributed by atoms with Gasteiger partial charge in [-0.2, -0.15) is 0 Å². The van der Waals surface area contributed by atoms with Crippen LogP contribution in [-0.2, 0) is 5.41 Å². The second kappa shape index (κ2) is 6.66. The zero-order valence-corrected chi connectivity index (χ0v) is 18.4. The van der Waals surface area contributed by atoms with Crippen LogP contribution in [-0.4, -0.2) is 10.1 Å². The summed E-state index contributed by atoms with van der Waals surface area (Å²) < 4.78 is 1.13. The number of nitrogens with zero attached hydrogens (tertiary/aromatic N) is 1. The summed E-state index contributed by atoms with van der Waals surface area (Å²) in [5.41, 5.74) is 6.99. The van der Waals surface area contributed by atoms with Gasteiger partial charge in [-0.3, -0.25) is 0 Å². The number of fused-ring (bicyclic) bond motifs is 4. The molecule has 1 aromatic heterocycles. The molecule has 2 atom stereocenters. The van der Waals surface area contributed by atoms with E-state index < -0.39 is 0 Å². The van der Waals surface area contributed by atoms with Crippen LogP contribution in [0, 0.1) is 5.92 Å². The number of allylic oxidation sites excluding steroid dienone is 4. The number of hydrogen-bond acceptors (Lipinski definition) is 3. The van der Waals surface area contributed by atoms with Gasteiger partial charge in [-0.1, -0.05) is 74.5 Å². The molecule has 152 valence electrons. The lowest BCUT2D eigenvalue weighted by molar-refractivity contribution is 0.394. The molecule has 4 aromatic rings. The Morgan fingerprint density at radius 3 is 2.55 bits per heavy atom. The Balaban J connectivity index is 1.46. The van der Waals surface area contributed by atoms with Gasteiger partial charge in [-0.15, -0.1) is 11.3 Å². The SMILES string of the molecule is CC1(C)c2cc(-c3ccc(O)c(-c4nc5ccccc5s4)c3)ccc2C2C=CC=CC21. The van der Waals surface area contributed by atoms with E-state index in [4.69, 9.17) is 4.98 Å². The molecule has 0 fully saturated rings. The topological polar surface area (TPSA) is 33.1 Å². The van der Waals surface area contributed by atoms with E-state index in [2.05, 4.69) is 68.5 Å². The molecule has 0 radical (unpaired) electrons. The summed E-state index contributed by atoms with van der Waals surface area (Å²) in [5, 5.41) is 11.4. The van der Waals surface area contributed by atoms with Crippen molar-refractivity contribution in [1.82, 2.24) is 4.98 Å². The normalized spacial score (nSPS) is 20.7. The van der Waals surface area contributed by atoms with Crippen LogP contribution in [0.1, 0.15) is 30.9 Å². The first-order valence-corrected chi connectivity index (χ1v) is 11.5. The van der Waals surface area contributed by atoms with Crippen LogP contribution in [0.4, 0.5) is 0 Å². The highest BCUT2D eigenvalue weighted by atomic mass is 32.1. The number of thiazole rings is 1. The van der Waals surface area contributed by atoms with Crippen LogP contribution in [0.25, 0.3) is 31.9 Å². The molecule has 31 heavy (non-hydrogen) atoms. The van der Waals surface area contributed by atoms with Crippen molar-refractivity contribution >= 4 is 21.6 Å². The van der Waals surface area contributed by atoms with Gasteiger partial charge in [0.2, 0.25) is 0 Å². The van der Waals surface area contributed by atoms with Crippen molar-refractivity contribution in [3.05, 3.63) is 96.1 Å². The molecule has 0 spiro atoms. The van der Waals surface area contributed by atoms with E-state index in [0.29, 0.717) is 11.8 Å². The number of para-hydroxylation sites is 1. The molecule has 0 saturated heterocycles. The third-order valence-corrected chi connectivity index (χ3v) is 8.00. The highest BCUT2D eigenvalue weighted by Crippen LogP contribution is 2.53. The number of hydrogen-bond donors (Lipinski definition) is 1. The third-order valence-electron chi connectivity index (χ3n) is 6.93. The summed E-state index contributed by atoms with van der Waals surface area (Å²) >= 11 is 1.62. The summed E-state index contributed by atoms with van der Waals surface area (Å²) in [5.74, 6) is 1.23. The number of phenols is 1. The van der Waals surface area contributed by atoms with Crippen molar-refractivity contribution in [2.24, 2.45) is 5.92 Å². The van der Waals surface area contributed by atoms with Gasteiger partial charge in [-0.25, -0.2) is 4.98 Å². The Morgan fingerprint density at radius 2 is 1.68 bits per heavy atom. The lowest BCUT2D eigenvalue weighted by Gasteiger charge is -2.29. The second-order valence-corrected chi connectivity index (χ2v) is 10.1. The lowest BCUT2D eigenvalue weighted by Crippen LogP contribution is -2.24. The van der Waals surface area contributed by atoms with Crippen LogP contribution in [0.2, 0.25) is 0 Å². The van der Waals surface area contributed by atoms with Gasteiger partial charge in [0.1, 0.15) is 10.8 Å². The van der Waals surface area contributed by atoms with Crippen molar-refractivity contribution in [2.45, 2.75) is 25.2 Å². The van der Waals surface area contributed by atoms with Gasteiger partial charge in [0, 0.05) is 5.92 Å². The van der Waals surface area contributed by atoms with Gasteiger partial charge < -0.3 is 5.11 Å². The summed E-state index contributed by atoms with van der Waals surface area (Å²) in [6.45, 7) is 4.71. The molecule has 0 bridgehead atoms. The van der Waals surface area contributed by atoms with Crippen LogP contribution < -0.4 is 0 Å². The maximum atomic E-state index is 10.6. The molecule has 6 rings (SSSR count). The predicted molar refractivity (Wildman–Crippen MR) is 130 cm³/mol. The van der Waals surface area contributed by atoms with E-state index in [0.717, 1.165) is 26.4 Å². The average Bonchev–Trinajstić information content (AvgIpc) is 3.31. The largest absolute Gasteiger partial charge is 0.507 e. The van der Waals surface area contributed by atoms with E-state index in [-0.39, 0.29) is 11.2 Å². The van der Waals surface area contributed by atoms with Crippen molar-refractivity contribution in [1.29, 1.82) is 0 Å². The van der Waals surface area contributed by atoms with Gasteiger partial charge in [-0.05, 0) is 57.9 Å². The average molecular weight is 422 g/mol. The van der Waals surface area contributed by atoms with Crippen LogP contribution in [0.5, 0.6) is 5.75 Å².